The fourth-order valence-electron chi connectivity index (χ4n) is 2.53. The minimum atomic E-state index is -0.362. The smallest absolute Gasteiger partial charge is 0.321 e. The topological polar surface area (TPSA) is 89.9 Å². The van der Waals surface area contributed by atoms with Crippen molar-refractivity contribution in [3.8, 4) is 0 Å². The van der Waals surface area contributed by atoms with Crippen LogP contribution in [0.25, 0.3) is 0 Å². The molecule has 4 amide bonds. The lowest BCUT2D eigenvalue weighted by molar-refractivity contribution is 0.0609. The van der Waals surface area contributed by atoms with Crippen LogP contribution in [-0.2, 0) is 0 Å². The maximum absolute atomic E-state index is 12.3. The van der Waals surface area contributed by atoms with Crippen molar-refractivity contribution in [1.29, 1.82) is 0 Å². The van der Waals surface area contributed by atoms with Crippen LogP contribution in [0.4, 0.5) is 10.5 Å². The third-order valence-electron chi connectivity index (χ3n) is 3.72. The highest BCUT2D eigenvalue weighted by atomic mass is 16.3. The van der Waals surface area contributed by atoms with E-state index in [0.29, 0.717) is 23.4 Å². The van der Waals surface area contributed by atoms with Crippen molar-refractivity contribution in [1.82, 2.24) is 9.80 Å². The molecule has 1 aromatic rings. The predicted molar refractivity (Wildman–Crippen MR) is 85.4 cm³/mol. The van der Waals surface area contributed by atoms with Gasteiger partial charge in [-0.1, -0.05) is 0 Å². The molecular weight excluding hydrogens is 298 g/mol. The summed E-state index contributed by atoms with van der Waals surface area (Å²) < 4.78 is 0. The number of carbonyl (C=O) groups is 3. The summed E-state index contributed by atoms with van der Waals surface area (Å²) in [5.74, 6) is -0.660. The van der Waals surface area contributed by atoms with Gasteiger partial charge in [0.15, 0.2) is 0 Å². The molecule has 124 valence electrons. The van der Waals surface area contributed by atoms with Crippen LogP contribution in [0, 0.1) is 0 Å². The standard InChI is InChI=1S/C16H21N3O4/c1-4-18(7-8-20)16(23)17-11-5-6-12-13(9-11)15(22)19(10(2)3)14(12)21/h5-6,9-10,20H,4,7-8H2,1-3H3,(H,17,23). The fourth-order valence-corrected chi connectivity index (χ4v) is 2.53. The van der Waals surface area contributed by atoms with Crippen molar-refractivity contribution in [3.63, 3.8) is 0 Å². The van der Waals surface area contributed by atoms with Crippen molar-refractivity contribution in [3.05, 3.63) is 29.3 Å². The van der Waals surface area contributed by atoms with E-state index >= 15 is 0 Å². The molecule has 2 rings (SSSR count). The van der Waals surface area contributed by atoms with Crippen LogP contribution in [-0.4, -0.2) is 58.5 Å². The minimum Gasteiger partial charge on any atom is -0.395 e. The summed E-state index contributed by atoms with van der Waals surface area (Å²) >= 11 is 0. The van der Waals surface area contributed by atoms with E-state index in [1.165, 1.54) is 15.9 Å². The van der Waals surface area contributed by atoms with Gasteiger partial charge in [-0.05, 0) is 39.0 Å². The summed E-state index contributed by atoms with van der Waals surface area (Å²) in [6.07, 6.45) is 0. The number of aliphatic hydroxyl groups excluding tert-OH is 1. The molecule has 23 heavy (non-hydrogen) atoms. The normalized spacial score (nSPS) is 13.5. The highest BCUT2D eigenvalue weighted by molar-refractivity contribution is 6.22. The monoisotopic (exact) mass is 319 g/mol. The van der Waals surface area contributed by atoms with Gasteiger partial charge in [-0.25, -0.2) is 4.79 Å². The molecule has 0 radical (unpaired) electrons. The molecule has 1 heterocycles. The van der Waals surface area contributed by atoms with Crippen molar-refractivity contribution in [2.45, 2.75) is 26.8 Å². The number of benzene rings is 1. The first-order valence-corrected chi connectivity index (χ1v) is 7.59. The number of rotatable bonds is 5. The summed E-state index contributed by atoms with van der Waals surface area (Å²) in [7, 11) is 0. The van der Waals surface area contributed by atoms with Crippen LogP contribution in [0.5, 0.6) is 0 Å². The predicted octanol–water partition coefficient (Wildman–Crippen LogP) is 1.54. The molecule has 0 spiro atoms. The number of nitrogens with zero attached hydrogens (tertiary/aromatic N) is 2. The molecule has 0 aliphatic carbocycles. The number of carbonyl (C=O) groups excluding carboxylic acids is 3. The van der Waals surface area contributed by atoms with Crippen LogP contribution in [0.1, 0.15) is 41.5 Å². The van der Waals surface area contributed by atoms with Gasteiger partial charge in [-0.3, -0.25) is 14.5 Å². The van der Waals surface area contributed by atoms with E-state index in [-0.39, 0.29) is 37.0 Å². The quantitative estimate of drug-likeness (QED) is 0.806. The van der Waals surface area contributed by atoms with Crippen LogP contribution < -0.4 is 5.32 Å². The third-order valence-corrected chi connectivity index (χ3v) is 3.72. The average Bonchev–Trinajstić information content (AvgIpc) is 2.76. The molecule has 0 atom stereocenters. The summed E-state index contributed by atoms with van der Waals surface area (Å²) in [5, 5.41) is 11.6. The lowest BCUT2D eigenvalue weighted by Crippen LogP contribution is -2.36. The first-order valence-electron chi connectivity index (χ1n) is 7.59. The number of amides is 4. The maximum atomic E-state index is 12.3. The Labute approximate surface area is 134 Å². The first-order chi connectivity index (χ1) is 10.9. The first kappa shape index (κ1) is 17.0. The van der Waals surface area contributed by atoms with Crippen LogP contribution >= 0.6 is 0 Å². The summed E-state index contributed by atoms with van der Waals surface area (Å²) in [4.78, 5) is 39.3. The summed E-state index contributed by atoms with van der Waals surface area (Å²) in [6.45, 7) is 5.92. The van der Waals surface area contributed by atoms with Crippen LogP contribution in [0.2, 0.25) is 0 Å². The molecule has 1 aliphatic rings. The van der Waals surface area contributed by atoms with Crippen LogP contribution in [0.15, 0.2) is 18.2 Å². The Morgan fingerprint density at radius 2 is 1.91 bits per heavy atom. The van der Waals surface area contributed by atoms with Gasteiger partial charge >= 0.3 is 6.03 Å². The SMILES string of the molecule is CCN(CCO)C(=O)Nc1ccc2c(c1)C(=O)N(C(C)C)C2=O. The highest BCUT2D eigenvalue weighted by Gasteiger charge is 2.37. The molecule has 1 aliphatic heterocycles. The van der Waals surface area contributed by atoms with Crippen molar-refractivity contribution < 1.29 is 19.5 Å². The maximum Gasteiger partial charge on any atom is 0.321 e. The molecule has 1 aromatic carbocycles. The second-order valence-corrected chi connectivity index (χ2v) is 5.57. The summed E-state index contributed by atoms with van der Waals surface area (Å²) in [5.41, 5.74) is 1.09. The lowest BCUT2D eigenvalue weighted by atomic mass is 10.1. The van der Waals surface area contributed by atoms with E-state index in [0.717, 1.165) is 0 Å². The van der Waals surface area contributed by atoms with Gasteiger partial charge in [0.1, 0.15) is 0 Å². The second kappa shape index (κ2) is 6.78. The van der Waals surface area contributed by atoms with Crippen molar-refractivity contribution in [2.75, 3.05) is 25.0 Å². The van der Waals surface area contributed by atoms with Gasteiger partial charge in [-0.2, -0.15) is 0 Å². The fraction of sp³-hybridized carbons (Fsp3) is 0.438. The number of hydrogen-bond donors (Lipinski definition) is 2. The number of hydrogen-bond acceptors (Lipinski definition) is 4. The van der Waals surface area contributed by atoms with Crippen LogP contribution in [0.3, 0.4) is 0 Å². The molecule has 0 aromatic heterocycles. The molecule has 2 N–H and O–H groups in total. The number of fused-ring (bicyclic) bond motifs is 1. The number of likely N-dealkylation sites (N-methyl/N-ethyl adjacent to an activating group) is 1. The molecule has 7 nitrogen and oxygen atoms in total. The average molecular weight is 319 g/mol. The molecule has 0 fully saturated rings. The number of urea groups is 1. The zero-order valence-electron chi connectivity index (χ0n) is 13.5. The van der Waals surface area contributed by atoms with E-state index in [1.54, 1.807) is 32.9 Å². The van der Waals surface area contributed by atoms with Gasteiger partial charge < -0.3 is 15.3 Å². The summed E-state index contributed by atoms with van der Waals surface area (Å²) in [6, 6.07) is 4.08. The number of aliphatic hydroxyl groups is 1. The molecule has 0 unspecified atom stereocenters. The lowest BCUT2D eigenvalue weighted by Gasteiger charge is -2.20. The number of imide groups is 1. The van der Waals surface area contributed by atoms with E-state index in [2.05, 4.69) is 5.32 Å². The van der Waals surface area contributed by atoms with E-state index in [4.69, 9.17) is 5.11 Å². The molecular formula is C16H21N3O4. The number of anilines is 1. The van der Waals surface area contributed by atoms with Gasteiger partial charge in [0, 0.05) is 24.8 Å². The van der Waals surface area contributed by atoms with Gasteiger partial charge in [0.2, 0.25) is 0 Å². The van der Waals surface area contributed by atoms with Crippen molar-refractivity contribution in [2.24, 2.45) is 0 Å². The zero-order valence-corrected chi connectivity index (χ0v) is 13.5. The Balaban J connectivity index is 2.22. The second-order valence-electron chi connectivity index (χ2n) is 5.57. The van der Waals surface area contributed by atoms with Gasteiger partial charge in [-0.15, -0.1) is 0 Å². The third kappa shape index (κ3) is 3.19. The number of nitrogens with one attached hydrogen (secondary N) is 1. The Bertz CT molecular complexity index is 642. The van der Waals surface area contributed by atoms with Gasteiger partial charge in [0.25, 0.3) is 11.8 Å². The van der Waals surface area contributed by atoms with E-state index in [1.807, 2.05) is 0 Å². The Morgan fingerprint density at radius 1 is 1.26 bits per heavy atom. The Hall–Kier alpha value is -2.41. The van der Waals surface area contributed by atoms with Gasteiger partial charge in [0.05, 0.1) is 17.7 Å². The van der Waals surface area contributed by atoms with E-state index in [9.17, 15) is 14.4 Å². The Morgan fingerprint density at radius 3 is 2.48 bits per heavy atom. The van der Waals surface area contributed by atoms with Crippen molar-refractivity contribution >= 4 is 23.5 Å². The molecule has 0 bridgehead atoms. The molecule has 0 saturated heterocycles. The zero-order chi connectivity index (χ0) is 17.1. The highest BCUT2D eigenvalue weighted by Crippen LogP contribution is 2.27. The molecule has 7 heteroatoms. The molecule has 0 saturated carbocycles. The Kier molecular flexibility index (Phi) is 5.00. The minimum absolute atomic E-state index is 0.123. The largest absolute Gasteiger partial charge is 0.395 e. The van der Waals surface area contributed by atoms with E-state index < -0.39 is 0 Å².